The molecule has 172 valence electrons. The van der Waals surface area contributed by atoms with Gasteiger partial charge in [-0.25, -0.2) is 0 Å². The van der Waals surface area contributed by atoms with E-state index in [-0.39, 0.29) is 11.5 Å². The maximum Gasteiger partial charge on any atom is 0.0594 e. The summed E-state index contributed by atoms with van der Waals surface area (Å²) in [4.78, 5) is 0. The first kappa shape index (κ1) is 22.9. The molecular formula is C29H50O. The lowest BCUT2D eigenvalue weighted by Crippen LogP contribution is -2.54. The van der Waals surface area contributed by atoms with Gasteiger partial charge in [-0.05, 0) is 96.7 Å². The summed E-state index contributed by atoms with van der Waals surface area (Å²) in [6, 6.07) is 0. The summed E-state index contributed by atoms with van der Waals surface area (Å²) in [7, 11) is 0. The van der Waals surface area contributed by atoms with Gasteiger partial charge in [0.2, 0.25) is 0 Å². The highest BCUT2D eigenvalue weighted by Crippen LogP contribution is 2.68. The molecule has 0 bridgehead atoms. The standard InChI is InChI=1S/C29H50O/c1-19(2)9-8-10-20(3)23-13-14-24-22-12-11-21-17-26(30)27(4,5)18-29(21,7)25(22)15-16-28(23,24)6/h12,19-21,23-26,30H,8-11,13-18H2,1-7H3. The van der Waals surface area contributed by atoms with Crippen LogP contribution in [0.3, 0.4) is 0 Å². The smallest absolute Gasteiger partial charge is 0.0594 e. The van der Waals surface area contributed by atoms with Gasteiger partial charge >= 0.3 is 0 Å². The number of hydrogen-bond acceptors (Lipinski definition) is 1. The summed E-state index contributed by atoms with van der Waals surface area (Å²) in [5.41, 5.74) is 2.87. The van der Waals surface area contributed by atoms with Crippen molar-refractivity contribution in [3.63, 3.8) is 0 Å². The van der Waals surface area contributed by atoms with E-state index in [4.69, 9.17) is 0 Å². The van der Waals surface area contributed by atoms with Crippen molar-refractivity contribution in [1.82, 2.24) is 0 Å². The number of allylic oxidation sites excluding steroid dienone is 2. The van der Waals surface area contributed by atoms with E-state index in [0.29, 0.717) is 16.7 Å². The molecule has 4 rings (SSSR count). The Kier molecular flexibility index (Phi) is 6.05. The minimum absolute atomic E-state index is 0.0671. The maximum atomic E-state index is 10.8. The normalized spacial score (nSPS) is 46.0. The van der Waals surface area contributed by atoms with Gasteiger partial charge in [-0.15, -0.1) is 0 Å². The molecule has 4 aliphatic rings. The Bertz CT molecular complexity index is 659. The van der Waals surface area contributed by atoms with Gasteiger partial charge in [-0.3, -0.25) is 0 Å². The molecule has 0 amide bonds. The first-order valence-electron chi connectivity index (χ1n) is 13.4. The molecule has 4 aliphatic carbocycles. The molecule has 0 saturated heterocycles. The van der Waals surface area contributed by atoms with Crippen molar-refractivity contribution in [3.8, 4) is 0 Å². The van der Waals surface area contributed by atoms with Gasteiger partial charge in [-0.2, -0.15) is 0 Å². The van der Waals surface area contributed by atoms with Crippen molar-refractivity contribution in [2.24, 2.45) is 51.8 Å². The van der Waals surface area contributed by atoms with Gasteiger partial charge < -0.3 is 5.11 Å². The fraction of sp³-hybridized carbons (Fsp3) is 0.931. The first-order chi connectivity index (χ1) is 14.0. The molecule has 1 heteroatoms. The van der Waals surface area contributed by atoms with E-state index in [1.54, 1.807) is 0 Å². The van der Waals surface area contributed by atoms with E-state index >= 15 is 0 Å². The quantitative estimate of drug-likeness (QED) is 0.451. The van der Waals surface area contributed by atoms with Crippen LogP contribution in [0, 0.1) is 51.8 Å². The summed E-state index contributed by atoms with van der Waals surface area (Å²) >= 11 is 0. The Morgan fingerprint density at radius 3 is 2.37 bits per heavy atom. The maximum absolute atomic E-state index is 10.8. The molecule has 0 heterocycles. The Labute approximate surface area is 187 Å². The lowest BCUT2D eigenvalue weighted by molar-refractivity contribution is -0.106. The fourth-order valence-corrected chi connectivity index (χ4v) is 9.17. The number of fused-ring (bicyclic) bond motifs is 5. The number of aliphatic hydroxyl groups excluding tert-OH is 1. The van der Waals surface area contributed by atoms with Crippen molar-refractivity contribution in [2.75, 3.05) is 0 Å². The van der Waals surface area contributed by atoms with Crippen LogP contribution in [0.2, 0.25) is 0 Å². The molecule has 8 atom stereocenters. The highest BCUT2D eigenvalue weighted by atomic mass is 16.3. The van der Waals surface area contributed by atoms with E-state index in [1.165, 1.54) is 57.8 Å². The van der Waals surface area contributed by atoms with Crippen LogP contribution in [0.25, 0.3) is 0 Å². The van der Waals surface area contributed by atoms with Crippen molar-refractivity contribution >= 4 is 0 Å². The van der Waals surface area contributed by atoms with Crippen LogP contribution >= 0.6 is 0 Å². The van der Waals surface area contributed by atoms with Crippen LogP contribution in [-0.2, 0) is 0 Å². The number of rotatable bonds is 5. The minimum atomic E-state index is -0.123. The zero-order valence-electron chi connectivity index (χ0n) is 21.1. The van der Waals surface area contributed by atoms with Gasteiger partial charge in [0.1, 0.15) is 0 Å². The van der Waals surface area contributed by atoms with E-state index in [1.807, 2.05) is 5.57 Å². The van der Waals surface area contributed by atoms with Gasteiger partial charge in [-0.1, -0.05) is 79.4 Å². The summed E-state index contributed by atoms with van der Waals surface area (Å²) in [5.74, 6) is 4.94. The second kappa shape index (κ2) is 7.93. The number of aliphatic hydroxyl groups is 1. The van der Waals surface area contributed by atoms with Crippen LogP contribution in [0.15, 0.2) is 11.6 Å². The predicted octanol–water partition coefficient (Wildman–Crippen LogP) is 8.02. The van der Waals surface area contributed by atoms with E-state index in [9.17, 15) is 5.11 Å². The second-order valence-electron chi connectivity index (χ2n) is 13.7. The van der Waals surface area contributed by atoms with Crippen molar-refractivity contribution in [1.29, 1.82) is 0 Å². The molecule has 3 fully saturated rings. The molecular weight excluding hydrogens is 364 g/mol. The van der Waals surface area contributed by atoms with Crippen molar-refractivity contribution in [2.45, 2.75) is 119 Å². The van der Waals surface area contributed by atoms with Crippen LogP contribution in [0.1, 0.15) is 113 Å². The van der Waals surface area contributed by atoms with Gasteiger partial charge in [0.25, 0.3) is 0 Å². The molecule has 8 unspecified atom stereocenters. The monoisotopic (exact) mass is 414 g/mol. The van der Waals surface area contributed by atoms with Crippen molar-refractivity contribution in [3.05, 3.63) is 11.6 Å². The molecule has 0 radical (unpaired) electrons. The minimum Gasteiger partial charge on any atom is -0.393 e. The number of hydrogen-bond donors (Lipinski definition) is 1. The lowest BCUT2D eigenvalue weighted by atomic mass is 9.45. The third-order valence-electron chi connectivity index (χ3n) is 10.9. The molecule has 0 aliphatic heterocycles. The molecule has 30 heavy (non-hydrogen) atoms. The second-order valence-corrected chi connectivity index (χ2v) is 13.7. The van der Waals surface area contributed by atoms with E-state index in [0.717, 1.165) is 36.0 Å². The Hall–Kier alpha value is -0.300. The Morgan fingerprint density at radius 1 is 0.967 bits per heavy atom. The van der Waals surface area contributed by atoms with Crippen LogP contribution in [-0.4, -0.2) is 11.2 Å². The molecule has 0 aromatic carbocycles. The predicted molar refractivity (Wildman–Crippen MR) is 128 cm³/mol. The van der Waals surface area contributed by atoms with Crippen molar-refractivity contribution < 1.29 is 5.11 Å². The van der Waals surface area contributed by atoms with Gasteiger partial charge in [0.15, 0.2) is 0 Å². The topological polar surface area (TPSA) is 20.2 Å². The summed E-state index contributed by atoms with van der Waals surface area (Å²) in [5, 5.41) is 10.8. The highest BCUT2D eigenvalue weighted by Gasteiger charge is 2.60. The molecule has 1 nitrogen and oxygen atoms in total. The SMILES string of the molecule is CC(C)CCCC(C)C1CCC2C3=CCC4CC(O)C(C)(C)CC4(C)C3CCC21C. The Morgan fingerprint density at radius 2 is 1.67 bits per heavy atom. The summed E-state index contributed by atoms with van der Waals surface area (Å²) in [6.07, 6.45) is 16.0. The summed E-state index contributed by atoms with van der Waals surface area (Å²) in [6.45, 7) is 17.2. The Balaban J connectivity index is 1.53. The van der Waals surface area contributed by atoms with Gasteiger partial charge in [0, 0.05) is 0 Å². The summed E-state index contributed by atoms with van der Waals surface area (Å²) < 4.78 is 0. The van der Waals surface area contributed by atoms with Crippen LogP contribution in [0.4, 0.5) is 0 Å². The third-order valence-corrected chi connectivity index (χ3v) is 10.9. The fourth-order valence-electron chi connectivity index (χ4n) is 9.17. The van der Waals surface area contributed by atoms with Gasteiger partial charge in [0.05, 0.1) is 6.10 Å². The molecule has 0 spiro atoms. The first-order valence-corrected chi connectivity index (χ1v) is 13.4. The van der Waals surface area contributed by atoms with Crippen LogP contribution in [0.5, 0.6) is 0 Å². The van der Waals surface area contributed by atoms with E-state index < -0.39 is 0 Å². The molecule has 0 aromatic rings. The largest absolute Gasteiger partial charge is 0.393 e. The average Bonchev–Trinajstić information content (AvgIpc) is 2.99. The van der Waals surface area contributed by atoms with Crippen LogP contribution < -0.4 is 0 Å². The zero-order chi connectivity index (χ0) is 21.9. The lowest BCUT2D eigenvalue weighted by Gasteiger charge is -2.60. The van der Waals surface area contributed by atoms with E-state index in [2.05, 4.69) is 54.5 Å². The zero-order valence-corrected chi connectivity index (χ0v) is 21.1. The third kappa shape index (κ3) is 3.64. The average molecular weight is 415 g/mol. The highest BCUT2D eigenvalue weighted by molar-refractivity contribution is 5.28. The molecule has 3 saturated carbocycles. The molecule has 0 aromatic heterocycles. The molecule has 1 N–H and O–H groups in total.